The van der Waals surface area contributed by atoms with Gasteiger partial charge >= 0.3 is 0 Å². The molecular weight excluding hydrogens is 516 g/mol. The van der Waals surface area contributed by atoms with E-state index in [1.54, 1.807) is 0 Å². The van der Waals surface area contributed by atoms with E-state index in [9.17, 15) is 13.0 Å². The highest BCUT2D eigenvalue weighted by molar-refractivity contribution is 7.97. The van der Waals surface area contributed by atoms with E-state index in [1.807, 2.05) is 6.92 Å². The third kappa shape index (κ3) is 10.6. The Morgan fingerprint density at radius 2 is 1.11 bits per heavy atom. The Labute approximate surface area is 232 Å². The molecule has 0 spiro atoms. The molecule has 3 rings (SSSR count). The van der Waals surface area contributed by atoms with Crippen LogP contribution in [0.5, 0.6) is 5.75 Å². The second-order valence-corrected chi connectivity index (χ2v) is 13.9. The standard InChI is InChI=1S/C26H33N2OS.C4H10O3S/c1-26(2,3)29-22-12-18-25(19-13-22)30(23-14-8-20(9-15-23)27(4)5)24-16-10-21(11-17-24)28(6)7;1-2-3-4-8(5,6)7/h8-19H,1-7H3;2-4H2,1H3,(H,5,6,7)/q+1;/p-1. The van der Waals surface area contributed by atoms with Gasteiger partial charge in [-0.1, -0.05) is 13.3 Å². The summed E-state index contributed by atoms with van der Waals surface area (Å²) >= 11 is 0. The predicted molar refractivity (Wildman–Crippen MR) is 160 cm³/mol. The topological polar surface area (TPSA) is 72.9 Å². The molecule has 38 heavy (non-hydrogen) atoms. The summed E-state index contributed by atoms with van der Waals surface area (Å²) in [6, 6.07) is 26.3. The Morgan fingerprint density at radius 1 is 0.737 bits per heavy atom. The molecule has 0 aliphatic rings. The van der Waals surface area contributed by atoms with Crippen LogP contribution in [0, 0.1) is 0 Å². The van der Waals surface area contributed by atoms with Crippen LogP contribution in [0.4, 0.5) is 11.4 Å². The number of nitrogens with zero attached hydrogens (tertiary/aromatic N) is 2. The SMILES string of the molecule is CCCCS(=O)(=O)[O-].CN(C)c1ccc([S+](c2ccc(OC(C)(C)C)cc2)c2ccc(N(C)C)cc2)cc1. The van der Waals surface area contributed by atoms with Gasteiger partial charge in [0.25, 0.3) is 0 Å². The zero-order valence-electron chi connectivity index (χ0n) is 23.9. The lowest BCUT2D eigenvalue weighted by atomic mass is 10.2. The molecule has 0 aliphatic carbocycles. The number of hydrogen-bond donors (Lipinski definition) is 0. The maximum Gasteiger partial charge on any atom is 0.166 e. The van der Waals surface area contributed by atoms with E-state index in [0.29, 0.717) is 6.42 Å². The lowest BCUT2D eigenvalue weighted by Gasteiger charge is -2.21. The van der Waals surface area contributed by atoms with E-state index in [0.717, 1.165) is 12.2 Å². The summed E-state index contributed by atoms with van der Waals surface area (Å²) in [7, 11) is 4.17. The molecule has 208 valence electrons. The molecular formula is C30H42N2O4S2. The van der Waals surface area contributed by atoms with Gasteiger partial charge in [-0.2, -0.15) is 0 Å². The van der Waals surface area contributed by atoms with Gasteiger partial charge in [0.05, 0.1) is 21.0 Å². The van der Waals surface area contributed by atoms with Crippen molar-refractivity contribution in [2.24, 2.45) is 0 Å². The Bertz CT molecular complexity index is 1170. The fraction of sp³-hybridized carbons (Fsp3) is 0.400. The monoisotopic (exact) mass is 558 g/mol. The molecule has 0 amide bonds. The van der Waals surface area contributed by atoms with Gasteiger partial charge in [-0.3, -0.25) is 0 Å². The van der Waals surface area contributed by atoms with Crippen molar-refractivity contribution in [3.63, 3.8) is 0 Å². The molecule has 0 aromatic heterocycles. The van der Waals surface area contributed by atoms with Crippen LogP contribution in [-0.4, -0.2) is 52.5 Å². The molecule has 0 heterocycles. The van der Waals surface area contributed by atoms with Gasteiger partial charge in [0.1, 0.15) is 11.4 Å². The fourth-order valence-corrected chi connectivity index (χ4v) is 6.17. The average molecular weight is 559 g/mol. The maximum absolute atomic E-state index is 9.83. The van der Waals surface area contributed by atoms with Crippen LogP contribution in [0.1, 0.15) is 40.5 Å². The van der Waals surface area contributed by atoms with Crippen LogP contribution < -0.4 is 14.5 Å². The minimum Gasteiger partial charge on any atom is -0.748 e. The minimum absolute atomic E-state index is 0.182. The van der Waals surface area contributed by atoms with E-state index in [2.05, 4.69) is 132 Å². The van der Waals surface area contributed by atoms with E-state index in [1.165, 1.54) is 26.1 Å². The summed E-state index contributed by atoms with van der Waals surface area (Å²) in [6.45, 7) is 8.06. The molecule has 6 nitrogen and oxygen atoms in total. The second-order valence-electron chi connectivity index (χ2n) is 10.4. The Morgan fingerprint density at radius 3 is 1.37 bits per heavy atom. The first kappa shape index (κ1) is 31.5. The number of anilines is 2. The fourth-order valence-electron chi connectivity index (χ4n) is 3.49. The number of unbranched alkanes of at least 4 members (excludes halogenated alkanes) is 1. The molecule has 0 unspecified atom stereocenters. The summed E-state index contributed by atoms with van der Waals surface area (Å²) in [5.74, 6) is 0.685. The molecule has 3 aromatic carbocycles. The third-order valence-electron chi connectivity index (χ3n) is 5.41. The summed E-state index contributed by atoms with van der Waals surface area (Å²) in [4.78, 5) is 8.16. The van der Waals surface area contributed by atoms with Crippen LogP contribution in [0.25, 0.3) is 0 Å². The van der Waals surface area contributed by atoms with Crippen LogP contribution in [0.3, 0.4) is 0 Å². The van der Waals surface area contributed by atoms with Crippen molar-refractivity contribution in [2.45, 2.75) is 60.8 Å². The lowest BCUT2D eigenvalue weighted by Crippen LogP contribution is -2.22. The molecule has 8 heteroatoms. The highest BCUT2D eigenvalue weighted by Gasteiger charge is 2.29. The first-order valence-corrected chi connectivity index (χ1v) is 15.5. The largest absolute Gasteiger partial charge is 0.748 e. The number of rotatable bonds is 9. The number of benzene rings is 3. The molecule has 0 N–H and O–H groups in total. The summed E-state index contributed by atoms with van der Waals surface area (Å²) in [5.41, 5.74) is 2.21. The van der Waals surface area contributed by atoms with E-state index < -0.39 is 10.1 Å². The Kier molecular flexibility index (Phi) is 11.6. The summed E-state index contributed by atoms with van der Waals surface area (Å²) < 4.78 is 35.5. The van der Waals surface area contributed by atoms with Crippen LogP contribution >= 0.6 is 0 Å². The quantitative estimate of drug-likeness (QED) is 0.223. The minimum atomic E-state index is -3.94. The normalized spacial score (nSPS) is 11.5. The summed E-state index contributed by atoms with van der Waals surface area (Å²) in [5, 5.41) is 0. The van der Waals surface area contributed by atoms with Crippen molar-refractivity contribution in [1.82, 2.24) is 0 Å². The van der Waals surface area contributed by atoms with Crippen LogP contribution in [0.15, 0.2) is 87.5 Å². The molecule has 0 fully saturated rings. The molecule has 0 radical (unpaired) electrons. The zero-order chi connectivity index (χ0) is 28.5. The number of ether oxygens (including phenoxy) is 1. The maximum atomic E-state index is 9.83. The van der Waals surface area contributed by atoms with Crippen molar-refractivity contribution >= 4 is 32.4 Å². The molecule has 3 aromatic rings. The average Bonchev–Trinajstić information content (AvgIpc) is 2.83. The Balaban J connectivity index is 0.000000550. The van der Waals surface area contributed by atoms with Gasteiger partial charge in [0.2, 0.25) is 0 Å². The van der Waals surface area contributed by atoms with E-state index in [4.69, 9.17) is 4.74 Å². The molecule has 0 saturated heterocycles. The second kappa shape index (κ2) is 13.9. The van der Waals surface area contributed by atoms with Crippen LogP contribution in [0.2, 0.25) is 0 Å². The van der Waals surface area contributed by atoms with E-state index in [-0.39, 0.29) is 22.2 Å². The van der Waals surface area contributed by atoms with Crippen molar-refractivity contribution in [1.29, 1.82) is 0 Å². The first-order valence-electron chi connectivity index (χ1n) is 12.7. The van der Waals surface area contributed by atoms with Crippen molar-refractivity contribution in [3.05, 3.63) is 72.8 Å². The Hall–Kier alpha value is -2.68. The van der Waals surface area contributed by atoms with Crippen molar-refractivity contribution < 1.29 is 17.7 Å². The van der Waals surface area contributed by atoms with Gasteiger partial charge in [0.15, 0.2) is 14.7 Å². The molecule has 0 bridgehead atoms. The van der Waals surface area contributed by atoms with Gasteiger partial charge < -0.3 is 19.1 Å². The zero-order valence-corrected chi connectivity index (χ0v) is 25.5. The first-order chi connectivity index (χ1) is 17.7. The van der Waals surface area contributed by atoms with E-state index >= 15 is 0 Å². The van der Waals surface area contributed by atoms with Crippen molar-refractivity contribution in [3.8, 4) is 5.75 Å². The molecule has 0 saturated carbocycles. The highest BCUT2D eigenvalue weighted by Crippen LogP contribution is 2.34. The van der Waals surface area contributed by atoms with Gasteiger partial charge in [-0.05, 0) is 100.0 Å². The molecule has 0 aliphatic heterocycles. The van der Waals surface area contributed by atoms with Gasteiger partial charge in [-0.25, -0.2) is 8.42 Å². The molecule has 0 atom stereocenters. The lowest BCUT2D eigenvalue weighted by molar-refractivity contribution is 0.131. The van der Waals surface area contributed by atoms with Gasteiger partial charge in [-0.15, -0.1) is 0 Å². The number of hydrogen-bond acceptors (Lipinski definition) is 6. The van der Waals surface area contributed by atoms with Crippen molar-refractivity contribution in [2.75, 3.05) is 43.7 Å². The summed E-state index contributed by atoms with van der Waals surface area (Å²) in [6.07, 6.45) is 1.23. The predicted octanol–water partition coefficient (Wildman–Crippen LogP) is 6.42. The smallest absolute Gasteiger partial charge is 0.166 e. The van der Waals surface area contributed by atoms with Gasteiger partial charge in [0, 0.05) is 45.3 Å². The van der Waals surface area contributed by atoms with Crippen LogP contribution in [-0.2, 0) is 21.0 Å². The third-order valence-corrected chi connectivity index (χ3v) is 8.43. The highest BCUT2D eigenvalue weighted by atomic mass is 32.2.